The number of H-pyrrole nitrogens is 1. The van der Waals surface area contributed by atoms with Crippen LogP contribution in [-0.2, 0) is 0 Å². The number of methoxy groups -OCH3 is 2. The van der Waals surface area contributed by atoms with Crippen LogP contribution in [0.25, 0.3) is 17.1 Å². The summed E-state index contributed by atoms with van der Waals surface area (Å²) in [5.74, 6) is 2.61. The molecule has 10 heteroatoms. The Hall–Kier alpha value is -4.21. The molecule has 0 saturated carbocycles. The Balaban J connectivity index is 1.57. The minimum atomic E-state index is -0.386. The average molecular weight is 405 g/mol. The predicted octanol–water partition coefficient (Wildman–Crippen LogP) is 2.63. The molecule has 4 aromatic rings. The number of nitrogens with zero attached hydrogens (tertiary/aromatic N) is 5. The third-order valence-corrected chi connectivity index (χ3v) is 4.47. The Morgan fingerprint density at radius 3 is 2.70 bits per heavy atom. The Labute approximate surface area is 171 Å². The number of aryl methyl sites for hydroxylation is 1. The molecule has 3 aromatic heterocycles. The van der Waals surface area contributed by atoms with Crippen molar-refractivity contribution in [3.63, 3.8) is 0 Å². The molecule has 0 aliphatic rings. The monoisotopic (exact) mass is 405 g/mol. The molecule has 0 saturated heterocycles. The third-order valence-electron chi connectivity index (χ3n) is 4.47. The molecule has 0 atom stereocenters. The van der Waals surface area contributed by atoms with E-state index in [1.165, 1.54) is 6.33 Å². The van der Waals surface area contributed by atoms with Gasteiger partial charge in [0.05, 0.1) is 19.9 Å². The summed E-state index contributed by atoms with van der Waals surface area (Å²) in [6.45, 7) is 1.86. The Kier molecular flexibility index (Phi) is 5.12. The fourth-order valence-electron chi connectivity index (χ4n) is 2.94. The van der Waals surface area contributed by atoms with Crippen LogP contribution in [0.3, 0.4) is 0 Å². The average Bonchev–Trinajstić information content (AvgIpc) is 3.43. The Morgan fingerprint density at radius 1 is 1.10 bits per heavy atom. The van der Waals surface area contributed by atoms with Crippen molar-refractivity contribution >= 4 is 11.7 Å². The van der Waals surface area contributed by atoms with Gasteiger partial charge in [0.25, 0.3) is 5.91 Å². The fraction of sp³-hybridized carbons (Fsp3) is 0.150. The van der Waals surface area contributed by atoms with Gasteiger partial charge in [0.1, 0.15) is 41.0 Å². The summed E-state index contributed by atoms with van der Waals surface area (Å²) in [6, 6.07) is 8.66. The molecule has 0 aliphatic heterocycles. The van der Waals surface area contributed by atoms with Crippen LogP contribution in [0.5, 0.6) is 11.5 Å². The molecule has 0 radical (unpaired) electrons. The van der Waals surface area contributed by atoms with Crippen LogP contribution in [0.1, 0.15) is 16.3 Å². The lowest BCUT2D eigenvalue weighted by Gasteiger charge is -2.08. The lowest BCUT2D eigenvalue weighted by atomic mass is 10.1. The summed E-state index contributed by atoms with van der Waals surface area (Å²) >= 11 is 0. The predicted molar refractivity (Wildman–Crippen MR) is 109 cm³/mol. The number of aromatic amines is 1. The molecule has 0 unspecified atom stereocenters. The Morgan fingerprint density at radius 2 is 1.97 bits per heavy atom. The zero-order valence-corrected chi connectivity index (χ0v) is 16.6. The first-order chi connectivity index (χ1) is 14.6. The molecule has 0 fully saturated rings. The minimum absolute atomic E-state index is 0.272. The standard InChI is InChI=1S/C20H19N7O3/c1-12-21-6-7-27(12)19-10-18(22-11-23-19)24-20(28)16-9-15(25-26-16)14-8-13(29-2)4-5-17(14)30-3/h4-11H,1-3H3,(H,25,26)(H,22,23,24,28). The van der Waals surface area contributed by atoms with Crippen LogP contribution in [0.2, 0.25) is 0 Å². The second-order valence-electron chi connectivity index (χ2n) is 6.29. The highest BCUT2D eigenvalue weighted by molar-refractivity contribution is 6.03. The molecule has 152 valence electrons. The SMILES string of the molecule is COc1ccc(OC)c(-c2cc(C(=O)Nc3cc(-n4ccnc4C)ncn3)[nH]n2)c1. The molecule has 0 aliphatic carbocycles. The van der Waals surface area contributed by atoms with E-state index in [-0.39, 0.29) is 11.6 Å². The van der Waals surface area contributed by atoms with E-state index >= 15 is 0 Å². The maximum atomic E-state index is 12.7. The molecule has 2 N–H and O–H groups in total. The smallest absolute Gasteiger partial charge is 0.274 e. The van der Waals surface area contributed by atoms with Gasteiger partial charge in [0.2, 0.25) is 0 Å². The van der Waals surface area contributed by atoms with Gasteiger partial charge in [-0.15, -0.1) is 0 Å². The number of rotatable bonds is 6. The van der Waals surface area contributed by atoms with E-state index in [2.05, 4.69) is 30.5 Å². The highest BCUT2D eigenvalue weighted by Crippen LogP contribution is 2.32. The Bertz CT molecular complexity index is 1200. The first kappa shape index (κ1) is 19.1. The number of ether oxygens (including phenoxy) is 2. The molecule has 1 amide bonds. The zero-order chi connectivity index (χ0) is 21.1. The van der Waals surface area contributed by atoms with Crippen LogP contribution < -0.4 is 14.8 Å². The number of hydrogen-bond donors (Lipinski definition) is 2. The quantitative estimate of drug-likeness (QED) is 0.506. The molecule has 4 rings (SSSR count). The summed E-state index contributed by atoms with van der Waals surface area (Å²) in [4.78, 5) is 25.2. The second kappa shape index (κ2) is 8.03. The topological polar surface area (TPSA) is 120 Å². The maximum Gasteiger partial charge on any atom is 0.274 e. The van der Waals surface area contributed by atoms with E-state index in [9.17, 15) is 4.79 Å². The van der Waals surface area contributed by atoms with Crippen LogP contribution in [0.4, 0.5) is 5.82 Å². The molecular formula is C20H19N7O3. The van der Waals surface area contributed by atoms with Crippen molar-refractivity contribution in [1.82, 2.24) is 29.7 Å². The number of amides is 1. The fourth-order valence-corrected chi connectivity index (χ4v) is 2.94. The highest BCUT2D eigenvalue weighted by Gasteiger charge is 2.16. The molecule has 1 aromatic carbocycles. The van der Waals surface area contributed by atoms with Gasteiger partial charge in [0, 0.05) is 24.0 Å². The largest absolute Gasteiger partial charge is 0.497 e. The normalized spacial score (nSPS) is 10.6. The minimum Gasteiger partial charge on any atom is -0.497 e. The maximum absolute atomic E-state index is 12.7. The van der Waals surface area contributed by atoms with Gasteiger partial charge in [-0.25, -0.2) is 15.0 Å². The number of hydrogen-bond acceptors (Lipinski definition) is 7. The molecule has 3 heterocycles. The highest BCUT2D eigenvalue weighted by atomic mass is 16.5. The van der Waals surface area contributed by atoms with Gasteiger partial charge < -0.3 is 14.8 Å². The van der Waals surface area contributed by atoms with E-state index in [1.54, 1.807) is 61.5 Å². The number of carbonyl (C=O) groups excluding carboxylic acids is 1. The lowest BCUT2D eigenvalue weighted by Crippen LogP contribution is -2.14. The van der Waals surface area contributed by atoms with E-state index in [0.717, 1.165) is 5.82 Å². The van der Waals surface area contributed by atoms with E-state index in [4.69, 9.17) is 9.47 Å². The van der Waals surface area contributed by atoms with Crippen molar-refractivity contribution < 1.29 is 14.3 Å². The molecule has 10 nitrogen and oxygen atoms in total. The summed E-state index contributed by atoms with van der Waals surface area (Å²) in [6.07, 6.45) is 4.84. The molecular weight excluding hydrogens is 386 g/mol. The van der Waals surface area contributed by atoms with Gasteiger partial charge in [-0.1, -0.05) is 0 Å². The zero-order valence-electron chi connectivity index (χ0n) is 16.6. The molecule has 30 heavy (non-hydrogen) atoms. The van der Waals surface area contributed by atoms with Gasteiger partial charge in [-0.3, -0.25) is 14.5 Å². The van der Waals surface area contributed by atoms with Crippen LogP contribution in [-0.4, -0.2) is 49.8 Å². The van der Waals surface area contributed by atoms with Gasteiger partial charge in [-0.2, -0.15) is 5.10 Å². The van der Waals surface area contributed by atoms with E-state index in [1.807, 2.05) is 6.92 Å². The van der Waals surface area contributed by atoms with Crippen molar-refractivity contribution in [2.75, 3.05) is 19.5 Å². The van der Waals surface area contributed by atoms with Crippen molar-refractivity contribution in [2.45, 2.75) is 6.92 Å². The first-order valence-electron chi connectivity index (χ1n) is 9.00. The van der Waals surface area contributed by atoms with Crippen molar-refractivity contribution in [3.8, 4) is 28.6 Å². The van der Waals surface area contributed by atoms with Crippen molar-refractivity contribution in [3.05, 3.63) is 60.6 Å². The second-order valence-corrected chi connectivity index (χ2v) is 6.29. The number of benzene rings is 1. The number of imidazole rings is 1. The third kappa shape index (κ3) is 3.70. The summed E-state index contributed by atoms with van der Waals surface area (Å²) in [5, 5.41) is 9.73. The van der Waals surface area contributed by atoms with Gasteiger partial charge in [-0.05, 0) is 31.2 Å². The number of nitrogens with one attached hydrogen (secondary N) is 2. The number of carbonyl (C=O) groups is 1. The summed E-state index contributed by atoms with van der Waals surface area (Å²) in [5.41, 5.74) is 1.52. The number of anilines is 1. The van der Waals surface area contributed by atoms with Crippen LogP contribution in [0.15, 0.2) is 49.1 Å². The van der Waals surface area contributed by atoms with E-state index < -0.39 is 0 Å². The van der Waals surface area contributed by atoms with Crippen molar-refractivity contribution in [2.24, 2.45) is 0 Å². The van der Waals surface area contributed by atoms with Crippen molar-refractivity contribution in [1.29, 1.82) is 0 Å². The number of aromatic nitrogens is 6. The molecule has 0 bridgehead atoms. The van der Waals surface area contributed by atoms with Crippen LogP contribution >= 0.6 is 0 Å². The van der Waals surface area contributed by atoms with Crippen LogP contribution in [0, 0.1) is 6.92 Å². The lowest BCUT2D eigenvalue weighted by molar-refractivity contribution is 0.102. The summed E-state index contributed by atoms with van der Waals surface area (Å²) < 4.78 is 12.4. The first-order valence-corrected chi connectivity index (χ1v) is 9.00. The molecule has 0 spiro atoms. The summed E-state index contributed by atoms with van der Waals surface area (Å²) in [7, 11) is 3.15. The van der Waals surface area contributed by atoms with E-state index in [0.29, 0.717) is 34.4 Å². The van der Waals surface area contributed by atoms with Gasteiger partial charge in [0.15, 0.2) is 0 Å². The van der Waals surface area contributed by atoms with Gasteiger partial charge >= 0.3 is 0 Å².